The summed E-state index contributed by atoms with van der Waals surface area (Å²) < 4.78 is 0. The van der Waals surface area contributed by atoms with Crippen molar-refractivity contribution in [1.82, 2.24) is 4.90 Å². The van der Waals surface area contributed by atoms with Gasteiger partial charge >= 0.3 is 0 Å². The third kappa shape index (κ3) is 2.13. The Hall–Kier alpha value is -0.860. The van der Waals surface area contributed by atoms with Gasteiger partial charge < -0.3 is 5.11 Å². The SMILES string of the molecule is CC(c1ccccc1)N1CCC(CO)C1C. The third-order valence-electron chi connectivity index (χ3n) is 3.98. The van der Waals surface area contributed by atoms with E-state index in [2.05, 4.69) is 49.1 Å². The Kier molecular flexibility index (Phi) is 3.62. The minimum absolute atomic E-state index is 0.319. The van der Waals surface area contributed by atoms with Gasteiger partial charge in [0, 0.05) is 18.7 Å². The molecule has 0 bridgehead atoms. The first-order valence-electron chi connectivity index (χ1n) is 6.15. The van der Waals surface area contributed by atoms with Gasteiger partial charge in [-0.05, 0) is 38.3 Å². The molecule has 1 heterocycles. The van der Waals surface area contributed by atoms with Gasteiger partial charge in [0.1, 0.15) is 0 Å². The van der Waals surface area contributed by atoms with Crippen LogP contribution in [0.25, 0.3) is 0 Å². The van der Waals surface area contributed by atoms with Crippen LogP contribution in [0.3, 0.4) is 0 Å². The first-order valence-corrected chi connectivity index (χ1v) is 6.15. The maximum absolute atomic E-state index is 9.28. The zero-order chi connectivity index (χ0) is 11.5. The highest BCUT2D eigenvalue weighted by Gasteiger charge is 2.33. The predicted octanol–water partition coefficient (Wildman–Crippen LogP) is 2.45. The van der Waals surface area contributed by atoms with Crippen LogP contribution in [0.5, 0.6) is 0 Å². The van der Waals surface area contributed by atoms with Crippen LogP contribution in [0, 0.1) is 5.92 Å². The first-order chi connectivity index (χ1) is 7.74. The fraction of sp³-hybridized carbons (Fsp3) is 0.571. The maximum Gasteiger partial charge on any atom is 0.0474 e. The summed E-state index contributed by atoms with van der Waals surface area (Å²) >= 11 is 0. The van der Waals surface area contributed by atoms with Gasteiger partial charge in [-0.15, -0.1) is 0 Å². The van der Waals surface area contributed by atoms with Crippen molar-refractivity contribution >= 4 is 0 Å². The molecular formula is C14H21NO. The van der Waals surface area contributed by atoms with Crippen LogP contribution in [0.1, 0.15) is 31.9 Å². The van der Waals surface area contributed by atoms with Gasteiger partial charge in [0.25, 0.3) is 0 Å². The molecule has 3 unspecified atom stereocenters. The summed E-state index contributed by atoms with van der Waals surface area (Å²) in [6.07, 6.45) is 1.12. The van der Waals surface area contributed by atoms with E-state index in [1.807, 2.05) is 0 Å². The molecule has 1 aliphatic rings. The van der Waals surface area contributed by atoms with Crippen molar-refractivity contribution in [3.05, 3.63) is 35.9 Å². The van der Waals surface area contributed by atoms with Crippen molar-refractivity contribution in [3.8, 4) is 0 Å². The number of hydrogen-bond donors (Lipinski definition) is 1. The number of rotatable bonds is 3. The number of likely N-dealkylation sites (tertiary alicyclic amines) is 1. The molecule has 2 nitrogen and oxygen atoms in total. The van der Waals surface area contributed by atoms with Crippen molar-refractivity contribution in [3.63, 3.8) is 0 Å². The quantitative estimate of drug-likeness (QED) is 0.844. The molecular weight excluding hydrogens is 198 g/mol. The first kappa shape index (κ1) is 11.6. The fourth-order valence-electron chi connectivity index (χ4n) is 2.74. The molecule has 1 saturated heterocycles. The van der Waals surface area contributed by atoms with Crippen LogP contribution in [0.15, 0.2) is 30.3 Å². The number of benzene rings is 1. The second-order valence-corrected chi connectivity index (χ2v) is 4.80. The molecule has 1 aromatic carbocycles. The van der Waals surface area contributed by atoms with E-state index in [0.717, 1.165) is 13.0 Å². The molecule has 0 aliphatic carbocycles. The van der Waals surface area contributed by atoms with E-state index in [-0.39, 0.29) is 0 Å². The summed E-state index contributed by atoms with van der Waals surface area (Å²) in [7, 11) is 0. The zero-order valence-corrected chi connectivity index (χ0v) is 10.1. The highest BCUT2D eigenvalue weighted by atomic mass is 16.3. The normalized spacial score (nSPS) is 28.2. The van der Waals surface area contributed by atoms with Gasteiger partial charge in [0.15, 0.2) is 0 Å². The third-order valence-corrected chi connectivity index (χ3v) is 3.98. The summed E-state index contributed by atoms with van der Waals surface area (Å²) in [5, 5.41) is 9.28. The highest BCUT2D eigenvalue weighted by molar-refractivity contribution is 5.18. The number of nitrogens with zero attached hydrogens (tertiary/aromatic N) is 1. The van der Waals surface area contributed by atoms with E-state index >= 15 is 0 Å². The monoisotopic (exact) mass is 219 g/mol. The summed E-state index contributed by atoms with van der Waals surface area (Å²) in [5.74, 6) is 0.450. The molecule has 1 fully saturated rings. The summed E-state index contributed by atoms with van der Waals surface area (Å²) in [5.41, 5.74) is 1.37. The van der Waals surface area contributed by atoms with E-state index in [4.69, 9.17) is 0 Å². The van der Waals surface area contributed by atoms with Gasteiger partial charge in [-0.1, -0.05) is 30.3 Å². The van der Waals surface area contributed by atoms with Crippen LogP contribution in [-0.2, 0) is 0 Å². The van der Waals surface area contributed by atoms with E-state index in [0.29, 0.717) is 24.6 Å². The molecule has 1 aromatic rings. The van der Waals surface area contributed by atoms with Crippen LogP contribution < -0.4 is 0 Å². The predicted molar refractivity (Wildman–Crippen MR) is 66.2 cm³/mol. The molecule has 2 rings (SSSR count). The second kappa shape index (κ2) is 4.98. The smallest absolute Gasteiger partial charge is 0.0474 e. The van der Waals surface area contributed by atoms with Crippen LogP contribution in [-0.4, -0.2) is 29.2 Å². The molecule has 0 radical (unpaired) electrons. The van der Waals surface area contributed by atoms with Gasteiger partial charge in [0.2, 0.25) is 0 Å². The highest BCUT2D eigenvalue weighted by Crippen LogP contribution is 2.31. The maximum atomic E-state index is 9.28. The molecule has 0 aromatic heterocycles. The Balaban J connectivity index is 2.09. The lowest BCUT2D eigenvalue weighted by atomic mass is 10.0. The minimum atomic E-state index is 0.319. The molecule has 0 amide bonds. The molecule has 16 heavy (non-hydrogen) atoms. The van der Waals surface area contributed by atoms with E-state index < -0.39 is 0 Å². The summed E-state index contributed by atoms with van der Waals surface area (Å²) in [6.45, 7) is 5.90. The molecule has 0 saturated carbocycles. The van der Waals surface area contributed by atoms with Gasteiger partial charge in [0.05, 0.1) is 0 Å². The molecule has 88 valence electrons. The minimum Gasteiger partial charge on any atom is -0.396 e. The number of aliphatic hydroxyl groups excluding tert-OH is 1. The van der Waals surface area contributed by atoms with Crippen molar-refractivity contribution in [1.29, 1.82) is 0 Å². The van der Waals surface area contributed by atoms with Crippen LogP contribution in [0.2, 0.25) is 0 Å². The van der Waals surface area contributed by atoms with Crippen LogP contribution >= 0.6 is 0 Å². The Morgan fingerprint density at radius 1 is 1.38 bits per heavy atom. The Bertz CT molecular complexity index is 325. The zero-order valence-electron chi connectivity index (χ0n) is 10.1. The molecule has 1 N–H and O–H groups in total. The molecule has 0 spiro atoms. The fourth-order valence-corrected chi connectivity index (χ4v) is 2.74. The number of aliphatic hydroxyl groups is 1. The second-order valence-electron chi connectivity index (χ2n) is 4.80. The van der Waals surface area contributed by atoms with E-state index in [1.165, 1.54) is 5.56 Å². The average Bonchev–Trinajstić information content (AvgIpc) is 2.70. The van der Waals surface area contributed by atoms with Crippen LogP contribution in [0.4, 0.5) is 0 Å². The molecule has 1 aliphatic heterocycles. The van der Waals surface area contributed by atoms with E-state index in [1.54, 1.807) is 0 Å². The Labute approximate surface area is 97.9 Å². The summed E-state index contributed by atoms with van der Waals surface area (Å²) in [6, 6.07) is 11.5. The number of hydrogen-bond acceptors (Lipinski definition) is 2. The molecule has 2 heteroatoms. The standard InChI is InChI=1S/C14H21NO/c1-11(13-6-4-3-5-7-13)15-9-8-14(10-16)12(15)2/h3-7,11-12,14,16H,8-10H2,1-2H3. The molecule has 3 atom stereocenters. The van der Waals surface area contributed by atoms with Gasteiger partial charge in [-0.25, -0.2) is 0 Å². The topological polar surface area (TPSA) is 23.5 Å². The van der Waals surface area contributed by atoms with Crippen molar-refractivity contribution in [2.75, 3.05) is 13.2 Å². The lowest BCUT2D eigenvalue weighted by Crippen LogP contribution is -2.33. The van der Waals surface area contributed by atoms with E-state index in [9.17, 15) is 5.11 Å². The van der Waals surface area contributed by atoms with Gasteiger partial charge in [-0.2, -0.15) is 0 Å². The lowest BCUT2D eigenvalue weighted by Gasteiger charge is -2.30. The lowest BCUT2D eigenvalue weighted by molar-refractivity contribution is 0.149. The summed E-state index contributed by atoms with van der Waals surface area (Å²) in [4.78, 5) is 2.50. The van der Waals surface area contributed by atoms with Crippen molar-refractivity contribution < 1.29 is 5.11 Å². The Morgan fingerprint density at radius 3 is 2.62 bits per heavy atom. The largest absolute Gasteiger partial charge is 0.396 e. The van der Waals surface area contributed by atoms with Gasteiger partial charge in [-0.3, -0.25) is 4.90 Å². The van der Waals surface area contributed by atoms with Crippen molar-refractivity contribution in [2.45, 2.75) is 32.4 Å². The Morgan fingerprint density at radius 2 is 2.06 bits per heavy atom. The van der Waals surface area contributed by atoms with Crippen molar-refractivity contribution in [2.24, 2.45) is 5.92 Å². The average molecular weight is 219 g/mol.